The van der Waals surface area contributed by atoms with Crippen LogP contribution in [0.15, 0.2) is 12.4 Å². The van der Waals surface area contributed by atoms with Gasteiger partial charge in [0, 0.05) is 25.7 Å². The summed E-state index contributed by atoms with van der Waals surface area (Å²) in [6.45, 7) is 2.34. The molecule has 0 aromatic carbocycles. The first-order valence-electron chi connectivity index (χ1n) is 6.88. The van der Waals surface area contributed by atoms with E-state index in [0.717, 1.165) is 30.6 Å². The molecule has 0 aliphatic heterocycles. The van der Waals surface area contributed by atoms with Crippen molar-refractivity contribution >= 4 is 11.6 Å². The van der Waals surface area contributed by atoms with Crippen molar-refractivity contribution in [2.75, 3.05) is 30.3 Å². The lowest BCUT2D eigenvalue weighted by atomic mass is 10.0. The van der Waals surface area contributed by atoms with Crippen molar-refractivity contribution in [2.24, 2.45) is 11.7 Å². The highest BCUT2D eigenvalue weighted by Gasteiger charge is 2.14. The second-order valence-corrected chi connectivity index (χ2v) is 4.87. The first-order valence-corrected chi connectivity index (χ1v) is 6.88. The topological polar surface area (TPSA) is 75.9 Å². The summed E-state index contributed by atoms with van der Waals surface area (Å²) in [5.74, 6) is 2.63. The predicted octanol–water partition coefficient (Wildman–Crippen LogP) is 1.84. The fourth-order valence-electron chi connectivity index (χ4n) is 2.45. The highest BCUT2D eigenvalue weighted by Crippen LogP contribution is 2.27. The molecule has 1 aliphatic rings. The van der Waals surface area contributed by atoms with Gasteiger partial charge in [-0.05, 0) is 12.3 Å². The lowest BCUT2D eigenvalue weighted by Crippen LogP contribution is -2.14. The first-order chi connectivity index (χ1) is 8.88. The van der Waals surface area contributed by atoms with Crippen LogP contribution in [-0.2, 0) is 0 Å². The summed E-state index contributed by atoms with van der Waals surface area (Å²) in [7, 11) is 0. The van der Waals surface area contributed by atoms with E-state index in [2.05, 4.69) is 20.6 Å². The van der Waals surface area contributed by atoms with E-state index < -0.39 is 0 Å². The number of rotatable bonds is 7. The van der Waals surface area contributed by atoms with Gasteiger partial charge in [0.15, 0.2) is 0 Å². The highest BCUT2D eigenvalue weighted by atomic mass is 15.1. The van der Waals surface area contributed by atoms with Crippen molar-refractivity contribution in [2.45, 2.75) is 32.1 Å². The summed E-state index contributed by atoms with van der Waals surface area (Å²) in [5, 5.41) is 6.52. The molecule has 0 unspecified atom stereocenters. The van der Waals surface area contributed by atoms with Gasteiger partial charge < -0.3 is 16.4 Å². The number of nitrogens with two attached hydrogens (primary N) is 1. The summed E-state index contributed by atoms with van der Waals surface area (Å²) in [5.41, 5.74) is 5.44. The molecule has 0 spiro atoms. The van der Waals surface area contributed by atoms with Gasteiger partial charge in [-0.25, -0.2) is 9.97 Å². The van der Waals surface area contributed by atoms with E-state index in [0.29, 0.717) is 6.54 Å². The third kappa shape index (κ3) is 4.14. The van der Waals surface area contributed by atoms with E-state index in [1.165, 1.54) is 32.1 Å². The third-order valence-electron chi connectivity index (χ3n) is 3.45. The lowest BCUT2D eigenvalue weighted by Gasteiger charge is -2.11. The molecule has 0 amide bonds. The fraction of sp³-hybridized carbons (Fsp3) is 0.692. The maximum Gasteiger partial charge on any atom is 0.131 e. The molecule has 0 bridgehead atoms. The zero-order chi connectivity index (χ0) is 12.6. The highest BCUT2D eigenvalue weighted by molar-refractivity contribution is 5.46. The van der Waals surface area contributed by atoms with Crippen LogP contribution in [0.2, 0.25) is 0 Å². The van der Waals surface area contributed by atoms with Gasteiger partial charge in [-0.1, -0.05) is 25.7 Å². The standard InChI is InChI=1S/C13H23N5/c14-6-8-16-13-9-12(17-10-18-13)15-7-5-11-3-1-2-4-11/h9-11H,1-8,14H2,(H2,15,16,17,18). The minimum absolute atomic E-state index is 0.606. The van der Waals surface area contributed by atoms with Crippen molar-refractivity contribution in [1.29, 1.82) is 0 Å². The molecule has 100 valence electrons. The molecule has 1 aliphatic carbocycles. The Morgan fingerprint density at radius 1 is 1.11 bits per heavy atom. The Bertz CT molecular complexity index is 349. The van der Waals surface area contributed by atoms with E-state index in [4.69, 9.17) is 5.73 Å². The number of nitrogens with zero attached hydrogens (tertiary/aromatic N) is 2. The van der Waals surface area contributed by atoms with Crippen molar-refractivity contribution in [3.63, 3.8) is 0 Å². The molecule has 1 aromatic rings. The van der Waals surface area contributed by atoms with E-state index in [1.54, 1.807) is 6.33 Å². The van der Waals surface area contributed by atoms with E-state index in [1.807, 2.05) is 6.07 Å². The van der Waals surface area contributed by atoms with Crippen LogP contribution in [0.4, 0.5) is 11.6 Å². The van der Waals surface area contributed by atoms with Crippen LogP contribution in [-0.4, -0.2) is 29.6 Å². The van der Waals surface area contributed by atoms with Crippen molar-refractivity contribution in [3.8, 4) is 0 Å². The number of aromatic nitrogens is 2. The second-order valence-electron chi connectivity index (χ2n) is 4.87. The molecule has 1 heterocycles. The molecule has 1 saturated carbocycles. The van der Waals surface area contributed by atoms with Gasteiger partial charge in [-0.3, -0.25) is 0 Å². The molecule has 5 heteroatoms. The van der Waals surface area contributed by atoms with Crippen LogP contribution in [0.3, 0.4) is 0 Å². The molecule has 1 fully saturated rings. The van der Waals surface area contributed by atoms with Crippen LogP contribution < -0.4 is 16.4 Å². The molecule has 0 atom stereocenters. The number of anilines is 2. The molecule has 0 saturated heterocycles. The van der Waals surface area contributed by atoms with Crippen molar-refractivity contribution < 1.29 is 0 Å². The summed E-state index contributed by atoms with van der Waals surface area (Å²) in [4.78, 5) is 8.36. The summed E-state index contributed by atoms with van der Waals surface area (Å²) < 4.78 is 0. The molecular formula is C13H23N5. The van der Waals surface area contributed by atoms with Crippen molar-refractivity contribution in [1.82, 2.24) is 9.97 Å². The van der Waals surface area contributed by atoms with Gasteiger partial charge >= 0.3 is 0 Å². The maximum atomic E-state index is 5.44. The lowest BCUT2D eigenvalue weighted by molar-refractivity contribution is 0.518. The van der Waals surface area contributed by atoms with E-state index in [-0.39, 0.29) is 0 Å². The number of hydrogen-bond donors (Lipinski definition) is 3. The quantitative estimate of drug-likeness (QED) is 0.687. The maximum absolute atomic E-state index is 5.44. The Hall–Kier alpha value is -1.36. The summed E-state index contributed by atoms with van der Waals surface area (Å²) in [6, 6.07) is 1.93. The Morgan fingerprint density at radius 2 is 1.78 bits per heavy atom. The van der Waals surface area contributed by atoms with Crippen LogP contribution in [0, 0.1) is 5.92 Å². The van der Waals surface area contributed by atoms with Crippen LogP contribution in [0.5, 0.6) is 0 Å². The largest absolute Gasteiger partial charge is 0.370 e. The second kappa shape index (κ2) is 7.16. The van der Waals surface area contributed by atoms with Gasteiger partial charge in [0.05, 0.1) is 0 Å². The molecule has 1 aromatic heterocycles. The average molecular weight is 249 g/mol. The molecule has 0 radical (unpaired) electrons. The Balaban J connectivity index is 1.74. The minimum atomic E-state index is 0.606. The SMILES string of the molecule is NCCNc1cc(NCCC2CCCC2)ncn1. The Kier molecular flexibility index (Phi) is 5.20. The van der Waals surface area contributed by atoms with Gasteiger partial charge in [-0.15, -0.1) is 0 Å². The molecule has 5 nitrogen and oxygen atoms in total. The van der Waals surface area contributed by atoms with Crippen molar-refractivity contribution in [3.05, 3.63) is 12.4 Å². The summed E-state index contributed by atoms with van der Waals surface area (Å²) in [6.07, 6.45) is 8.44. The number of nitrogens with one attached hydrogen (secondary N) is 2. The van der Waals surface area contributed by atoms with Crippen LogP contribution in [0.25, 0.3) is 0 Å². The van der Waals surface area contributed by atoms with Crippen LogP contribution >= 0.6 is 0 Å². The molecule has 18 heavy (non-hydrogen) atoms. The monoisotopic (exact) mass is 249 g/mol. The smallest absolute Gasteiger partial charge is 0.131 e. The normalized spacial score (nSPS) is 15.8. The summed E-state index contributed by atoms with van der Waals surface area (Å²) >= 11 is 0. The fourth-order valence-corrected chi connectivity index (χ4v) is 2.45. The third-order valence-corrected chi connectivity index (χ3v) is 3.45. The zero-order valence-electron chi connectivity index (χ0n) is 10.9. The molecule has 2 rings (SSSR count). The Morgan fingerprint density at radius 3 is 2.44 bits per heavy atom. The van der Waals surface area contributed by atoms with Gasteiger partial charge in [0.25, 0.3) is 0 Å². The van der Waals surface area contributed by atoms with Gasteiger partial charge in [0.1, 0.15) is 18.0 Å². The number of hydrogen-bond acceptors (Lipinski definition) is 5. The first kappa shape index (κ1) is 13.1. The minimum Gasteiger partial charge on any atom is -0.370 e. The molecular weight excluding hydrogens is 226 g/mol. The zero-order valence-corrected chi connectivity index (χ0v) is 10.9. The van der Waals surface area contributed by atoms with E-state index in [9.17, 15) is 0 Å². The van der Waals surface area contributed by atoms with E-state index >= 15 is 0 Å². The average Bonchev–Trinajstić information content (AvgIpc) is 2.90. The van der Waals surface area contributed by atoms with Crippen LogP contribution in [0.1, 0.15) is 32.1 Å². The van der Waals surface area contributed by atoms with Gasteiger partial charge in [-0.2, -0.15) is 0 Å². The Labute approximate surface area is 109 Å². The molecule has 4 N–H and O–H groups in total. The van der Waals surface area contributed by atoms with Gasteiger partial charge in [0.2, 0.25) is 0 Å². The predicted molar refractivity (Wildman–Crippen MR) is 74.6 cm³/mol.